The number of para-hydroxylation sites is 1. The zero-order valence-electron chi connectivity index (χ0n) is 15.1. The van der Waals surface area contributed by atoms with Crippen molar-refractivity contribution in [1.82, 2.24) is 4.98 Å². The third kappa shape index (κ3) is 3.94. The van der Waals surface area contributed by atoms with Gasteiger partial charge in [0.15, 0.2) is 0 Å². The summed E-state index contributed by atoms with van der Waals surface area (Å²) in [6.07, 6.45) is 0. The molecule has 0 saturated carbocycles. The molecule has 0 spiro atoms. The number of rotatable bonds is 6. The predicted octanol–water partition coefficient (Wildman–Crippen LogP) is 6.49. The van der Waals surface area contributed by atoms with Gasteiger partial charge in [-0.25, -0.2) is 0 Å². The summed E-state index contributed by atoms with van der Waals surface area (Å²) in [6, 6.07) is 24.7. The van der Waals surface area contributed by atoms with Crippen molar-refractivity contribution in [3.8, 4) is 11.5 Å². The summed E-state index contributed by atoms with van der Waals surface area (Å²) in [5, 5.41) is 2.37. The van der Waals surface area contributed by atoms with Gasteiger partial charge in [-0.3, -0.25) is 0 Å². The minimum atomic E-state index is 0.865. The summed E-state index contributed by atoms with van der Waals surface area (Å²) in [5.41, 5.74) is 1.14. The average Bonchev–Trinajstić information content (AvgIpc) is 3.06. The predicted molar refractivity (Wildman–Crippen MR) is 113 cm³/mol. The highest BCUT2D eigenvalue weighted by Crippen LogP contribution is 2.43. The molecule has 136 valence electrons. The SMILES string of the molecule is COc1ccc(Sc2[nH]c3ccccc3c2Sc2ccc(OC)cc2)cc1. The van der Waals surface area contributed by atoms with Crippen LogP contribution in [0.1, 0.15) is 0 Å². The molecule has 1 N–H and O–H groups in total. The van der Waals surface area contributed by atoms with Gasteiger partial charge in [-0.2, -0.15) is 0 Å². The molecule has 1 aromatic heterocycles. The van der Waals surface area contributed by atoms with Gasteiger partial charge < -0.3 is 14.5 Å². The molecule has 0 fully saturated rings. The van der Waals surface area contributed by atoms with E-state index in [9.17, 15) is 0 Å². The quantitative estimate of drug-likeness (QED) is 0.406. The monoisotopic (exact) mass is 393 g/mol. The highest BCUT2D eigenvalue weighted by molar-refractivity contribution is 8.02. The summed E-state index contributed by atoms with van der Waals surface area (Å²) >= 11 is 3.49. The zero-order valence-corrected chi connectivity index (χ0v) is 16.7. The van der Waals surface area contributed by atoms with Crippen LogP contribution < -0.4 is 9.47 Å². The first-order valence-corrected chi connectivity index (χ1v) is 10.1. The number of aromatic nitrogens is 1. The number of methoxy groups -OCH3 is 2. The number of ether oxygens (including phenoxy) is 2. The van der Waals surface area contributed by atoms with Gasteiger partial charge in [0.05, 0.1) is 24.1 Å². The molecule has 3 aromatic carbocycles. The van der Waals surface area contributed by atoms with Gasteiger partial charge >= 0.3 is 0 Å². The number of hydrogen-bond donors (Lipinski definition) is 1. The Labute approximate surface area is 167 Å². The third-order valence-corrected chi connectivity index (χ3v) is 6.47. The van der Waals surface area contributed by atoms with Crippen LogP contribution in [0.2, 0.25) is 0 Å². The van der Waals surface area contributed by atoms with E-state index in [0.29, 0.717) is 0 Å². The Morgan fingerprint density at radius 2 is 1.22 bits per heavy atom. The Morgan fingerprint density at radius 3 is 1.81 bits per heavy atom. The van der Waals surface area contributed by atoms with Gasteiger partial charge in [-0.1, -0.05) is 41.7 Å². The van der Waals surface area contributed by atoms with Crippen molar-refractivity contribution in [3.05, 3.63) is 72.8 Å². The van der Waals surface area contributed by atoms with Crippen LogP contribution in [-0.2, 0) is 0 Å². The van der Waals surface area contributed by atoms with Crippen molar-refractivity contribution >= 4 is 34.4 Å². The van der Waals surface area contributed by atoms with Gasteiger partial charge in [-0.15, -0.1) is 0 Å². The molecule has 0 bridgehead atoms. The molecule has 5 heteroatoms. The molecule has 0 aliphatic heterocycles. The Hall–Kier alpha value is -2.50. The van der Waals surface area contributed by atoms with Crippen LogP contribution >= 0.6 is 23.5 Å². The van der Waals surface area contributed by atoms with E-state index < -0.39 is 0 Å². The lowest BCUT2D eigenvalue weighted by atomic mass is 10.2. The Morgan fingerprint density at radius 1 is 0.667 bits per heavy atom. The number of benzene rings is 3. The van der Waals surface area contributed by atoms with E-state index in [2.05, 4.69) is 53.5 Å². The lowest BCUT2D eigenvalue weighted by Crippen LogP contribution is -1.83. The van der Waals surface area contributed by atoms with Crippen molar-refractivity contribution in [3.63, 3.8) is 0 Å². The molecule has 3 nitrogen and oxygen atoms in total. The molecule has 0 saturated heterocycles. The first-order chi connectivity index (χ1) is 13.3. The molecule has 4 aromatic rings. The van der Waals surface area contributed by atoms with Gasteiger partial charge in [0, 0.05) is 20.7 Å². The molecule has 0 amide bonds. The van der Waals surface area contributed by atoms with Crippen LogP contribution in [0.15, 0.2) is 92.5 Å². The maximum atomic E-state index is 5.27. The number of H-pyrrole nitrogens is 1. The van der Waals surface area contributed by atoms with Crippen molar-refractivity contribution in [2.24, 2.45) is 0 Å². The van der Waals surface area contributed by atoms with E-state index in [-0.39, 0.29) is 0 Å². The molecule has 27 heavy (non-hydrogen) atoms. The highest BCUT2D eigenvalue weighted by atomic mass is 32.2. The molecule has 0 atom stereocenters. The molecule has 0 aliphatic carbocycles. The number of hydrogen-bond acceptors (Lipinski definition) is 4. The summed E-state index contributed by atoms with van der Waals surface area (Å²) in [6.45, 7) is 0. The zero-order chi connectivity index (χ0) is 18.6. The van der Waals surface area contributed by atoms with Crippen LogP contribution in [0.25, 0.3) is 10.9 Å². The molecule has 1 heterocycles. The third-order valence-electron chi connectivity index (χ3n) is 4.18. The van der Waals surface area contributed by atoms with Crippen LogP contribution in [0.5, 0.6) is 11.5 Å². The first kappa shape index (κ1) is 17.9. The lowest BCUT2D eigenvalue weighted by molar-refractivity contribution is 0.414. The maximum absolute atomic E-state index is 5.27. The normalized spacial score (nSPS) is 10.9. The largest absolute Gasteiger partial charge is 0.497 e. The van der Waals surface area contributed by atoms with E-state index in [0.717, 1.165) is 22.0 Å². The van der Waals surface area contributed by atoms with Gasteiger partial charge in [0.25, 0.3) is 0 Å². The smallest absolute Gasteiger partial charge is 0.118 e. The molecule has 0 aliphatic rings. The molecular weight excluding hydrogens is 374 g/mol. The fourth-order valence-corrected chi connectivity index (χ4v) is 4.85. The van der Waals surface area contributed by atoms with Crippen molar-refractivity contribution in [2.45, 2.75) is 19.7 Å². The minimum Gasteiger partial charge on any atom is -0.497 e. The highest BCUT2D eigenvalue weighted by Gasteiger charge is 2.14. The van der Waals surface area contributed by atoms with Crippen molar-refractivity contribution in [2.75, 3.05) is 14.2 Å². The maximum Gasteiger partial charge on any atom is 0.118 e. The minimum absolute atomic E-state index is 0.865. The Bertz CT molecular complexity index is 1040. The Balaban J connectivity index is 1.69. The summed E-state index contributed by atoms with van der Waals surface area (Å²) < 4.78 is 10.5. The second-order valence-corrected chi connectivity index (χ2v) is 8.05. The molecule has 4 rings (SSSR count). The standard InChI is InChI=1S/C22H19NO2S2/c1-24-15-7-11-17(12-8-15)26-21-19-5-3-4-6-20(19)23-22(21)27-18-13-9-16(25-2)10-14-18/h3-14,23H,1-2H3. The number of nitrogens with one attached hydrogen (secondary N) is 1. The van der Waals surface area contributed by atoms with E-state index in [1.165, 1.54) is 20.1 Å². The molecule has 0 unspecified atom stereocenters. The number of aromatic amines is 1. The van der Waals surface area contributed by atoms with Crippen molar-refractivity contribution < 1.29 is 9.47 Å². The Kier molecular flexibility index (Phi) is 5.32. The summed E-state index contributed by atoms with van der Waals surface area (Å²) in [7, 11) is 3.37. The van der Waals surface area contributed by atoms with E-state index in [1.54, 1.807) is 37.7 Å². The van der Waals surface area contributed by atoms with Crippen LogP contribution in [0.3, 0.4) is 0 Å². The summed E-state index contributed by atoms with van der Waals surface area (Å²) in [5.74, 6) is 1.73. The van der Waals surface area contributed by atoms with Crippen LogP contribution in [0, 0.1) is 0 Å². The lowest BCUT2D eigenvalue weighted by Gasteiger charge is -2.07. The van der Waals surface area contributed by atoms with E-state index >= 15 is 0 Å². The van der Waals surface area contributed by atoms with Crippen LogP contribution in [0.4, 0.5) is 0 Å². The second kappa shape index (κ2) is 8.03. The van der Waals surface area contributed by atoms with E-state index in [1.807, 2.05) is 24.3 Å². The van der Waals surface area contributed by atoms with Gasteiger partial charge in [0.1, 0.15) is 11.5 Å². The second-order valence-electron chi connectivity index (χ2n) is 5.88. The van der Waals surface area contributed by atoms with Crippen molar-refractivity contribution in [1.29, 1.82) is 0 Å². The summed E-state index contributed by atoms with van der Waals surface area (Å²) in [4.78, 5) is 7.15. The molecule has 0 radical (unpaired) electrons. The van der Waals surface area contributed by atoms with Crippen LogP contribution in [-0.4, -0.2) is 19.2 Å². The topological polar surface area (TPSA) is 34.2 Å². The van der Waals surface area contributed by atoms with Gasteiger partial charge in [-0.05, 0) is 54.6 Å². The molecular formula is C22H19NO2S2. The number of fused-ring (bicyclic) bond motifs is 1. The van der Waals surface area contributed by atoms with E-state index in [4.69, 9.17) is 9.47 Å². The van der Waals surface area contributed by atoms with Gasteiger partial charge in [0.2, 0.25) is 0 Å². The first-order valence-electron chi connectivity index (χ1n) is 8.51. The fraction of sp³-hybridized carbons (Fsp3) is 0.0909. The fourth-order valence-electron chi connectivity index (χ4n) is 2.79. The average molecular weight is 394 g/mol.